The van der Waals surface area contributed by atoms with Crippen LogP contribution in [0.15, 0.2) is 29.2 Å². The largest absolute Gasteiger partial charge is 0.369 e. The van der Waals surface area contributed by atoms with Gasteiger partial charge < -0.3 is 5.73 Å². The molecule has 0 atom stereocenters. The standard InChI is InChI=1S/C13H18FN3O3S/c14-11-4-1-2-5-12(11)21(19,20)17-7-3-6-16(8-9-17)10-13(15)18/h1-2,4-5H,3,6-10H2,(H2,15,18). The molecule has 1 heterocycles. The fourth-order valence-corrected chi connectivity index (χ4v) is 3.89. The van der Waals surface area contributed by atoms with Gasteiger partial charge >= 0.3 is 0 Å². The highest BCUT2D eigenvalue weighted by Crippen LogP contribution is 2.20. The lowest BCUT2D eigenvalue weighted by molar-refractivity contribution is -0.119. The third kappa shape index (κ3) is 3.78. The van der Waals surface area contributed by atoms with Gasteiger partial charge in [-0.05, 0) is 25.1 Å². The maximum Gasteiger partial charge on any atom is 0.246 e. The third-order valence-electron chi connectivity index (χ3n) is 3.38. The van der Waals surface area contributed by atoms with Crippen LogP contribution in [0.5, 0.6) is 0 Å². The first-order valence-corrected chi connectivity index (χ1v) is 8.10. The quantitative estimate of drug-likeness (QED) is 0.848. The lowest BCUT2D eigenvalue weighted by Gasteiger charge is -2.21. The van der Waals surface area contributed by atoms with Gasteiger partial charge in [0.05, 0.1) is 6.54 Å². The van der Waals surface area contributed by atoms with Gasteiger partial charge in [0.2, 0.25) is 15.9 Å². The van der Waals surface area contributed by atoms with Crippen molar-refractivity contribution >= 4 is 15.9 Å². The van der Waals surface area contributed by atoms with Crippen molar-refractivity contribution in [3.05, 3.63) is 30.1 Å². The molecule has 1 aliphatic heterocycles. The summed E-state index contributed by atoms with van der Waals surface area (Å²) < 4.78 is 39.9. The molecule has 1 amide bonds. The lowest BCUT2D eigenvalue weighted by Crippen LogP contribution is -2.38. The molecular formula is C13H18FN3O3S. The highest BCUT2D eigenvalue weighted by Gasteiger charge is 2.29. The van der Waals surface area contributed by atoms with E-state index < -0.39 is 21.7 Å². The number of rotatable bonds is 4. The molecule has 0 bridgehead atoms. The highest BCUT2D eigenvalue weighted by molar-refractivity contribution is 7.89. The topological polar surface area (TPSA) is 83.7 Å². The van der Waals surface area contributed by atoms with Crippen molar-refractivity contribution in [2.45, 2.75) is 11.3 Å². The predicted molar refractivity (Wildman–Crippen MR) is 75.4 cm³/mol. The molecule has 1 aromatic rings. The average molecular weight is 315 g/mol. The van der Waals surface area contributed by atoms with Crippen LogP contribution in [0, 0.1) is 5.82 Å². The van der Waals surface area contributed by atoms with Crippen LogP contribution in [0.2, 0.25) is 0 Å². The molecule has 21 heavy (non-hydrogen) atoms. The highest BCUT2D eigenvalue weighted by atomic mass is 32.2. The summed E-state index contributed by atoms with van der Waals surface area (Å²) in [6.45, 7) is 1.60. The minimum atomic E-state index is -3.85. The third-order valence-corrected chi connectivity index (χ3v) is 5.31. The van der Waals surface area contributed by atoms with Gasteiger partial charge in [-0.25, -0.2) is 12.8 Å². The number of halogens is 1. The summed E-state index contributed by atoms with van der Waals surface area (Å²) in [6, 6.07) is 5.33. The molecule has 6 nitrogen and oxygen atoms in total. The summed E-state index contributed by atoms with van der Waals surface area (Å²) >= 11 is 0. The number of nitrogens with zero attached hydrogens (tertiary/aromatic N) is 2. The van der Waals surface area contributed by atoms with E-state index in [-0.39, 0.29) is 18.0 Å². The van der Waals surface area contributed by atoms with Gasteiger partial charge in [0.15, 0.2) is 0 Å². The second kappa shape index (κ2) is 6.50. The SMILES string of the molecule is NC(=O)CN1CCCN(S(=O)(=O)c2ccccc2F)CC1. The van der Waals surface area contributed by atoms with E-state index in [1.54, 1.807) is 4.90 Å². The predicted octanol–water partition coefficient (Wildman–Crippen LogP) is 0.00740. The van der Waals surface area contributed by atoms with Gasteiger partial charge in [-0.3, -0.25) is 9.69 Å². The van der Waals surface area contributed by atoms with Crippen molar-refractivity contribution in [1.82, 2.24) is 9.21 Å². The van der Waals surface area contributed by atoms with Gasteiger partial charge in [-0.15, -0.1) is 0 Å². The molecule has 1 aromatic carbocycles. The molecule has 1 fully saturated rings. The Bertz CT molecular complexity index is 621. The lowest BCUT2D eigenvalue weighted by atomic mass is 10.3. The molecule has 0 spiro atoms. The van der Waals surface area contributed by atoms with Gasteiger partial charge in [0.25, 0.3) is 0 Å². The van der Waals surface area contributed by atoms with Crippen molar-refractivity contribution < 1.29 is 17.6 Å². The monoisotopic (exact) mass is 315 g/mol. The molecule has 116 valence electrons. The zero-order chi connectivity index (χ0) is 15.5. The molecule has 2 N–H and O–H groups in total. The molecule has 8 heteroatoms. The van der Waals surface area contributed by atoms with Crippen LogP contribution >= 0.6 is 0 Å². The second-order valence-corrected chi connectivity index (χ2v) is 6.84. The van der Waals surface area contributed by atoms with Crippen LogP contribution in [-0.2, 0) is 14.8 Å². The molecular weight excluding hydrogens is 297 g/mol. The number of carbonyl (C=O) groups is 1. The number of benzene rings is 1. The van der Waals surface area contributed by atoms with Gasteiger partial charge in [0.1, 0.15) is 10.7 Å². The zero-order valence-corrected chi connectivity index (χ0v) is 12.4. The molecule has 1 aliphatic rings. The maximum atomic E-state index is 13.7. The van der Waals surface area contributed by atoms with E-state index in [1.807, 2.05) is 0 Å². The van der Waals surface area contributed by atoms with Gasteiger partial charge in [0, 0.05) is 19.6 Å². The van der Waals surface area contributed by atoms with Crippen molar-refractivity contribution in [1.29, 1.82) is 0 Å². The van der Waals surface area contributed by atoms with E-state index >= 15 is 0 Å². The number of sulfonamides is 1. The molecule has 1 saturated heterocycles. The summed E-state index contributed by atoms with van der Waals surface area (Å²) in [4.78, 5) is 12.4. The fraction of sp³-hybridized carbons (Fsp3) is 0.462. The minimum absolute atomic E-state index is 0.105. The van der Waals surface area contributed by atoms with Gasteiger partial charge in [-0.2, -0.15) is 4.31 Å². The summed E-state index contributed by atoms with van der Waals surface area (Å²) in [5, 5.41) is 0. The van der Waals surface area contributed by atoms with Crippen molar-refractivity contribution in [3.8, 4) is 0 Å². The Morgan fingerprint density at radius 3 is 2.57 bits per heavy atom. The molecule has 0 saturated carbocycles. The van der Waals surface area contributed by atoms with Gasteiger partial charge in [-0.1, -0.05) is 12.1 Å². The minimum Gasteiger partial charge on any atom is -0.369 e. The van der Waals surface area contributed by atoms with E-state index in [9.17, 15) is 17.6 Å². The molecule has 0 aromatic heterocycles. The second-order valence-electron chi connectivity index (χ2n) is 4.93. The summed E-state index contributed by atoms with van der Waals surface area (Å²) in [5.41, 5.74) is 5.14. The van der Waals surface area contributed by atoms with Crippen LogP contribution in [0.3, 0.4) is 0 Å². The fourth-order valence-electron chi connectivity index (χ4n) is 2.36. The smallest absolute Gasteiger partial charge is 0.246 e. The molecule has 0 aliphatic carbocycles. The van der Waals surface area contributed by atoms with E-state index in [2.05, 4.69) is 0 Å². The van der Waals surface area contributed by atoms with E-state index in [1.165, 1.54) is 22.5 Å². The van der Waals surface area contributed by atoms with E-state index in [0.29, 0.717) is 26.1 Å². The number of carbonyl (C=O) groups excluding carboxylic acids is 1. The van der Waals surface area contributed by atoms with Crippen molar-refractivity contribution in [2.75, 3.05) is 32.7 Å². The first-order valence-electron chi connectivity index (χ1n) is 6.66. The number of primary amides is 1. The molecule has 0 radical (unpaired) electrons. The number of nitrogens with two attached hydrogens (primary N) is 1. The van der Waals surface area contributed by atoms with Crippen LogP contribution < -0.4 is 5.73 Å². The Balaban J connectivity index is 2.15. The summed E-state index contributed by atoms with van der Waals surface area (Å²) in [7, 11) is -3.85. The molecule has 2 rings (SSSR count). The first kappa shape index (κ1) is 15.9. The zero-order valence-electron chi connectivity index (χ0n) is 11.5. The molecule has 0 unspecified atom stereocenters. The van der Waals surface area contributed by atoms with E-state index in [0.717, 1.165) is 6.07 Å². The Morgan fingerprint density at radius 2 is 1.90 bits per heavy atom. The normalized spacial score (nSPS) is 18.3. The van der Waals surface area contributed by atoms with Crippen molar-refractivity contribution in [2.24, 2.45) is 5.73 Å². The maximum absolute atomic E-state index is 13.7. The van der Waals surface area contributed by atoms with Crippen LogP contribution in [0.1, 0.15) is 6.42 Å². The Kier molecular flexibility index (Phi) is 4.92. The van der Waals surface area contributed by atoms with Crippen LogP contribution in [0.4, 0.5) is 4.39 Å². The summed E-state index contributed by atoms with van der Waals surface area (Å²) in [5.74, 6) is -1.20. The number of hydrogen-bond acceptors (Lipinski definition) is 4. The van der Waals surface area contributed by atoms with Crippen LogP contribution in [-0.4, -0.2) is 56.3 Å². The average Bonchev–Trinajstić information content (AvgIpc) is 2.64. The Labute approximate surface area is 123 Å². The Hall–Kier alpha value is -1.51. The number of amides is 1. The van der Waals surface area contributed by atoms with E-state index in [4.69, 9.17) is 5.73 Å². The van der Waals surface area contributed by atoms with Crippen LogP contribution in [0.25, 0.3) is 0 Å². The Morgan fingerprint density at radius 1 is 1.19 bits per heavy atom. The van der Waals surface area contributed by atoms with Crippen molar-refractivity contribution in [3.63, 3.8) is 0 Å². The summed E-state index contributed by atoms with van der Waals surface area (Å²) in [6.07, 6.45) is 0.570. The first-order chi connectivity index (χ1) is 9.91. The number of hydrogen-bond donors (Lipinski definition) is 1.